The Morgan fingerprint density at radius 2 is 0.985 bits per heavy atom. The number of anilines is 6. The first kappa shape index (κ1) is 45.3. The molecule has 4 heteroatoms. The molecule has 0 radical (unpaired) electrons. The molecule has 3 heterocycles. The van der Waals surface area contributed by atoms with Crippen LogP contribution < -0.4 is 26.4 Å². The van der Waals surface area contributed by atoms with Crippen LogP contribution in [-0.4, -0.2) is 6.71 Å². The van der Waals surface area contributed by atoms with E-state index in [-0.39, 0.29) is 39.2 Å². The van der Waals surface area contributed by atoms with Gasteiger partial charge < -0.3 is 14.2 Å². The fraction of sp³-hybridized carbons (Fsp3) is 0.397. The van der Waals surface area contributed by atoms with E-state index in [1.165, 1.54) is 83.7 Å². The van der Waals surface area contributed by atoms with Gasteiger partial charge in [0.2, 0.25) is 0 Å². The zero-order chi connectivity index (χ0) is 48.1. The molecule has 0 saturated carbocycles. The van der Waals surface area contributed by atoms with Crippen molar-refractivity contribution in [1.29, 1.82) is 0 Å². The summed E-state index contributed by atoms with van der Waals surface area (Å²) in [6, 6.07) is 43.1. The monoisotopic (exact) mass is 885 g/mol. The maximum Gasteiger partial charge on any atom is 0.297 e. The summed E-state index contributed by atoms with van der Waals surface area (Å²) in [5, 5.41) is 1.16. The number of aryl methyl sites for hydroxylation is 1. The third-order valence-corrected chi connectivity index (χ3v) is 15.8. The third-order valence-electron chi connectivity index (χ3n) is 15.8. The van der Waals surface area contributed by atoms with E-state index in [4.69, 9.17) is 4.42 Å². The zero-order valence-corrected chi connectivity index (χ0v) is 43.7. The molecule has 344 valence electrons. The third kappa shape index (κ3) is 7.39. The minimum Gasteiger partial charge on any atom is -0.468 e. The predicted octanol–water partition coefficient (Wildman–Crippen LogP) is 16.0. The molecule has 10 rings (SSSR count). The van der Waals surface area contributed by atoms with Crippen LogP contribution in [0.5, 0.6) is 0 Å². The van der Waals surface area contributed by atoms with Crippen LogP contribution in [0.15, 0.2) is 114 Å². The summed E-state index contributed by atoms with van der Waals surface area (Å²) in [7, 11) is 0. The van der Waals surface area contributed by atoms with Crippen LogP contribution in [0, 0.1) is 6.92 Å². The minimum atomic E-state index is -0.128. The second-order valence-corrected chi connectivity index (χ2v) is 25.9. The molecule has 67 heavy (non-hydrogen) atoms. The van der Waals surface area contributed by atoms with Crippen molar-refractivity contribution in [2.75, 3.05) is 9.80 Å². The molecule has 0 amide bonds. The normalized spacial score (nSPS) is 16.5. The minimum absolute atomic E-state index is 0.0285. The number of nitrogens with zero attached hydrogens (tertiary/aromatic N) is 2. The maximum atomic E-state index is 7.49. The Bertz CT molecular complexity index is 3110. The SMILES string of the molecule is Cc1cc2c3c(c1)N(c1ccc(C(C)(C)C)cc1-c1ccc(C(C)(C)C)cc1)c1c(oc4ccc(C(C)(C)C)cc14)B3c1cc3c(cc1N2c1ccc(C(C)(C)C)cc1)C(C)(C)CCC3(C)C. The Labute approximate surface area is 403 Å². The Balaban J connectivity index is 1.34. The van der Waals surface area contributed by atoms with E-state index in [1.54, 1.807) is 0 Å². The van der Waals surface area contributed by atoms with Crippen molar-refractivity contribution in [3.8, 4) is 11.1 Å². The number of hydrogen-bond acceptors (Lipinski definition) is 3. The summed E-state index contributed by atoms with van der Waals surface area (Å²) in [6.45, 7) is 39.7. The number of rotatable bonds is 3. The highest BCUT2D eigenvalue weighted by Crippen LogP contribution is 2.53. The number of fused-ring (bicyclic) bond motifs is 7. The van der Waals surface area contributed by atoms with Crippen molar-refractivity contribution in [1.82, 2.24) is 0 Å². The molecule has 0 fully saturated rings. The molecule has 0 saturated heterocycles. The smallest absolute Gasteiger partial charge is 0.297 e. The first-order chi connectivity index (χ1) is 31.1. The van der Waals surface area contributed by atoms with Crippen LogP contribution in [0.3, 0.4) is 0 Å². The van der Waals surface area contributed by atoms with Crippen LogP contribution in [0.1, 0.15) is 163 Å². The van der Waals surface area contributed by atoms with E-state index in [9.17, 15) is 0 Å². The van der Waals surface area contributed by atoms with Crippen molar-refractivity contribution in [3.63, 3.8) is 0 Å². The van der Waals surface area contributed by atoms with Gasteiger partial charge in [-0.1, -0.05) is 165 Å². The Kier molecular flexibility index (Phi) is 9.98. The molecule has 1 aliphatic carbocycles. The molecule has 0 spiro atoms. The number of furan rings is 1. The fourth-order valence-electron chi connectivity index (χ4n) is 11.4. The zero-order valence-electron chi connectivity index (χ0n) is 43.7. The van der Waals surface area contributed by atoms with E-state index >= 15 is 0 Å². The molecule has 3 aliphatic rings. The molecule has 3 nitrogen and oxygen atoms in total. The molecular weight excluding hydrogens is 812 g/mol. The number of benzene rings is 6. The molecule has 1 aromatic heterocycles. The first-order valence-electron chi connectivity index (χ1n) is 25.0. The highest BCUT2D eigenvalue weighted by Gasteiger charge is 2.49. The van der Waals surface area contributed by atoms with Crippen LogP contribution in [0.4, 0.5) is 34.1 Å². The number of hydrogen-bond donors (Lipinski definition) is 0. The molecule has 6 aromatic carbocycles. The Hall–Kier alpha value is -5.48. The average molecular weight is 885 g/mol. The second kappa shape index (κ2) is 14.8. The van der Waals surface area contributed by atoms with Crippen LogP contribution in [0.2, 0.25) is 0 Å². The van der Waals surface area contributed by atoms with Gasteiger partial charge in [-0.05, 0) is 162 Å². The van der Waals surface area contributed by atoms with Gasteiger partial charge >= 0.3 is 0 Å². The fourth-order valence-corrected chi connectivity index (χ4v) is 11.4. The van der Waals surface area contributed by atoms with E-state index in [0.29, 0.717) is 0 Å². The largest absolute Gasteiger partial charge is 0.468 e. The van der Waals surface area contributed by atoms with Crippen molar-refractivity contribution < 1.29 is 4.42 Å². The van der Waals surface area contributed by atoms with Crippen molar-refractivity contribution in [2.24, 2.45) is 0 Å². The topological polar surface area (TPSA) is 19.6 Å². The van der Waals surface area contributed by atoms with Gasteiger partial charge in [-0.2, -0.15) is 0 Å². The maximum absolute atomic E-state index is 7.49. The second-order valence-electron chi connectivity index (χ2n) is 25.9. The molecule has 2 aliphatic heterocycles. The van der Waals surface area contributed by atoms with Gasteiger partial charge in [0.25, 0.3) is 6.71 Å². The molecule has 7 aromatic rings. The van der Waals surface area contributed by atoms with Crippen molar-refractivity contribution in [2.45, 2.75) is 163 Å². The van der Waals surface area contributed by atoms with E-state index < -0.39 is 0 Å². The van der Waals surface area contributed by atoms with E-state index in [0.717, 1.165) is 40.8 Å². The summed E-state index contributed by atoms with van der Waals surface area (Å²) in [5.74, 6) is 0. The van der Waals surface area contributed by atoms with Gasteiger partial charge in [-0.15, -0.1) is 0 Å². The van der Waals surface area contributed by atoms with Crippen LogP contribution in [-0.2, 0) is 32.5 Å². The lowest BCUT2D eigenvalue weighted by Gasteiger charge is -2.46. The predicted molar refractivity (Wildman–Crippen MR) is 290 cm³/mol. The quantitative estimate of drug-likeness (QED) is 0.165. The van der Waals surface area contributed by atoms with Gasteiger partial charge in [0.05, 0.1) is 17.0 Å². The molecular formula is C63H73BN2O. The Morgan fingerprint density at radius 1 is 0.493 bits per heavy atom. The lowest BCUT2D eigenvalue weighted by Crippen LogP contribution is -2.61. The lowest BCUT2D eigenvalue weighted by atomic mass is 9.35. The Morgan fingerprint density at radius 3 is 1.55 bits per heavy atom. The molecule has 0 atom stereocenters. The van der Waals surface area contributed by atoms with Gasteiger partial charge in [-0.25, -0.2) is 0 Å². The van der Waals surface area contributed by atoms with Gasteiger partial charge in [0, 0.05) is 33.7 Å². The standard InChI is InChI=1S/C63H73BN2O/c1-38-32-52-55-53(33-38)66(50-28-24-42(60(8,9)10)34-45(50)39-18-20-40(21-19-39)58(2,3)4)56-46-35-43(61(11,12)13)25-29-54(46)67-57(56)64(55)49-36-47-48(63(16,17)31-30-62(47,14)15)37-51(49)65(52)44-26-22-41(23-27-44)59(5,6)7/h18-29,32-37H,30-31H2,1-17H3. The average Bonchev–Trinajstić information content (AvgIpc) is 3.62. The summed E-state index contributed by atoms with van der Waals surface area (Å²) in [4.78, 5) is 5.20. The van der Waals surface area contributed by atoms with E-state index in [1.807, 2.05) is 0 Å². The van der Waals surface area contributed by atoms with Crippen molar-refractivity contribution in [3.05, 3.63) is 148 Å². The molecule has 0 bridgehead atoms. The van der Waals surface area contributed by atoms with Crippen LogP contribution >= 0.6 is 0 Å². The summed E-state index contributed by atoms with van der Waals surface area (Å²) in [6.07, 6.45) is 2.31. The summed E-state index contributed by atoms with van der Waals surface area (Å²) < 4.78 is 7.49. The van der Waals surface area contributed by atoms with Gasteiger partial charge in [-0.3, -0.25) is 0 Å². The van der Waals surface area contributed by atoms with E-state index in [2.05, 4.69) is 237 Å². The van der Waals surface area contributed by atoms with Gasteiger partial charge in [0.1, 0.15) is 5.58 Å². The van der Waals surface area contributed by atoms with Crippen molar-refractivity contribution >= 4 is 68.4 Å². The summed E-state index contributed by atoms with van der Waals surface area (Å²) in [5.41, 5.74) is 23.7. The highest BCUT2D eigenvalue weighted by atomic mass is 16.3. The lowest BCUT2D eigenvalue weighted by molar-refractivity contribution is 0.332. The van der Waals surface area contributed by atoms with Crippen LogP contribution in [0.25, 0.3) is 22.1 Å². The van der Waals surface area contributed by atoms with Gasteiger partial charge in [0.15, 0.2) is 0 Å². The molecule has 0 N–H and O–H groups in total. The summed E-state index contributed by atoms with van der Waals surface area (Å²) >= 11 is 0. The first-order valence-corrected chi connectivity index (χ1v) is 25.0. The highest BCUT2D eigenvalue weighted by molar-refractivity contribution is 7.00. The molecule has 0 unspecified atom stereocenters.